The SMILES string of the molecule is CC(=O)/C=C/c1cccnc1.CC(=O)CC(Sc1ccccc1)c1cccnc1.CC(=O)CC(Sc1ccccc1)c1cccnc1.CCO.CN.CNC(C)=O.CNC(C)=O.Cc1ccc(N=C(N)N)cc1.O=C(O)/C=C/c1cccnc1.O=C(O)CC(Sc1ccccc1)c1cccnc1. The lowest BCUT2D eigenvalue weighted by Crippen LogP contribution is -2.21. The largest absolute Gasteiger partial charge is 0.481 e. The zero-order valence-electron chi connectivity index (χ0n) is 59.2. The first kappa shape index (κ1) is 91.2. The first-order valence-corrected chi connectivity index (χ1v) is 34.3. The van der Waals surface area contributed by atoms with E-state index in [4.69, 9.17) is 26.8 Å². The summed E-state index contributed by atoms with van der Waals surface area (Å²) >= 11 is 4.97. The van der Waals surface area contributed by atoms with Crippen LogP contribution in [0.1, 0.15) is 110 Å². The molecule has 3 atom stereocenters. The van der Waals surface area contributed by atoms with Crippen molar-refractivity contribution in [2.45, 2.75) is 98.2 Å². The number of thioether (sulfide) groups is 3. The third-order valence-corrected chi connectivity index (χ3v) is 15.6. The van der Waals surface area contributed by atoms with Gasteiger partial charge in [-0.3, -0.25) is 53.7 Å². The molecule has 4 aromatic carbocycles. The van der Waals surface area contributed by atoms with E-state index in [1.54, 1.807) is 138 Å². The summed E-state index contributed by atoms with van der Waals surface area (Å²) in [6.45, 7) is 11.7. The van der Waals surface area contributed by atoms with Gasteiger partial charge in [0.05, 0.1) is 12.1 Å². The molecular formula is C78H95N11O10S3. The van der Waals surface area contributed by atoms with E-state index in [9.17, 15) is 33.6 Å². The van der Waals surface area contributed by atoms with E-state index in [1.807, 2.05) is 159 Å². The van der Waals surface area contributed by atoms with Crippen LogP contribution in [0, 0.1) is 6.92 Å². The number of rotatable bonds is 20. The second kappa shape index (κ2) is 59.1. The van der Waals surface area contributed by atoms with Crippen LogP contribution in [0.15, 0.2) is 270 Å². The Kier molecular flexibility index (Phi) is 52.9. The minimum atomic E-state index is -0.950. The average Bonchev–Trinajstić information content (AvgIpc) is 0.936. The van der Waals surface area contributed by atoms with Crippen LogP contribution in [0.3, 0.4) is 0 Å². The van der Waals surface area contributed by atoms with Gasteiger partial charge in [-0.1, -0.05) is 103 Å². The van der Waals surface area contributed by atoms with Crippen LogP contribution in [0.25, 0.3) is 12.2 Å². The molecule has 102 heavy (non-hydrogen) atoms. The molecule has 0 aliphatic heterocycles. The average molecular weight is 1440 g/mol. The molecule has 540 valence electrons. The molecule has 21 nitrogen and oxygen atoms in total. The van der Waals surface area contributed by atoms with Crippen molar-refractivity contribution in [2.24, 2.45) is 22.2 Å². The molecule has 0 aliphatic rings. The highest BCUT2D eigenvalue weighted by Crippen LogP contribution is 2.39. The molecule has 9 rings (SSSR count). The number of aryl methyl sites for hydroxylation is 1. The lowest BCUT2D eigenvalue weighted by Gasteiger charge is -2.15. The van der Waals surface area contributed by atoms with Gasteiger partial charge in [-0.25, -0.2) is 9.79 Å². The molecule has 0 spiro atoms. The Balaban J connectivity index is 0.00000117. The fourth-order valence-corrected chi connectivity index (χ4v) is 10.8. The van der Waals surface area contributed by atoms with Crippen molar-refractivity contribution >= 4 is 100 Å². The van der Waals surface area contributed by atoms with E-state index in [2.05, 4.69) is 70.5 Å². The Morgan fingerprint density at radius 1 is 0.461 bits per heavy atom. The maximum atomic E-state index is 11.4. The molecule has 5 heterocycles. The molecular weight excluding hydrogens is 1350 g/mol. The number of nitrogens with two attached hydrogens (primary N) is 3. The number of aliphatic carboxylic acids is 2. The van der Waals surface area contributed by atoms with Crippen molar-refractivity contribution in [3.05, 3.63) is 283 Å². The number of nitrogens with one attached hydrogen (secondary N) is 2. The number of aliphatic imine (C=N–C) groups is 1. The fourth-order valence-electron chi connectivity index (χ4n) is 7.15. The maximum absolute atomic E-state index is 11.4. The second-order valence-electron chi connectivity index (χ2n) is 20.5. The number of hydrogen-bond donors (Lipinski definition) is 8. The standard InChI is InChI=1S/2C15H15NOS.C14H13NO2S.C9H9NO.C8H11N3.C8H7NO2.2C3H7NO.C2H6O.CH5N/c2*1-12(17)10-15(13-6-5-9-16-11-13)18-14-7-3-2-4-8-14;16-14(17)9-13(11-5-4-8-15-10-11)18-12-6-2-1-3-7-12;1-8(11)4-5-9-3-2-6-10-7-9;1-6-2-4-7(5-3-6)11-8(9)10;10-8(11)4-3-7-2-1-5-9-6-7;2*1-3(5)4-2;1-2-3;1-2/h2*2-9,11,15H,10H2,1H3;1-8,10,13H,9H2,(H,16,17);2-7H,1H3;2-5H,1H3,(H4,9,10,11);1-6H,(H,10,11);2*1-2H3,(H,4,5);3H,2H2,1H3;2H2,1H3/b;;;5-4+;;4-3+;;;;. The summed E-state index contributed by atoms with van der Waals surface area (Å²) in [7, 11) is 4.70. The number of carbonyl (C=O) groups excluding carboxylic acids is 5. The Morgan fingerprint density at radius 3 is 1.01 bits per heavy atom. The normalized spacial score (nSPS) is 10.5. The maximum Gasteiger partial charge on any atom is 0.328 e. The van der Waals surface area contributed by atoms with Gasteiger partial charge in [0.2, 0.25) is 11.8 Å². The monoisotopic (exact) mass is 1440 g/mol. The lowest BCUT2D eigenvalue weighted by atomic mass is 10.1. The number of pyridine rings is 5. The van der Waals surface area contributed by atoms with Gasteiger partial charge < -0.3 is 43.2 Å². The molecule has 5 aromatic heterocycles. The molecule has 0 saturated carbocycles. The Hall–Kier alpha value is -10.8. The minimum Gasteiger partial charge on any atom is -0.481 e. The second-order valence-corrected chi connectivity index (χ2v) is 24.3. The summed E-state index contributed by atoms with van der Waals surface area (Å²) in [5, 5.41) is 29.8. The van der Waals surface area contributed by atoms with Gasteiger partial charge >= 0.3 is 11.9 Å². The molecule has 9 aromatic rings. The topological polar surface area (TPSA) is 359 Å². The summed E-state index contributed by atoms with van der Waals surface area (Å²) in [6.07, 6.45) is 24.2. The van der Waals surface area contributed by atoms with Crippen LogP contribution in [0.4, 0.5) is 5.69 Å². The Bertz CT molecular complexity index is 3480. The molecule has 11 N–H and O–H groups in total. The third kappa shape index (κ3) is 50.6. The Morgan fingerprint density at radius 2 is 0.765 bits per heavy atom. The molecule has 0 radical (unpaired) electrons. The molecule has 0 aliphatic carbocycles. The van der Waals surface area contributed by atoms with E-state index >= 15 is 0 Å². The summed E-state index contributed by atoms with van der Waals surface area (Å²) < 4.78 is 0. The minimum absolute atomic E-state index is 0.00463. The molecule has 24 heteroatoms. The Labute approximate surface area is 612 Å². The van der Waals surface area contributed by atoms with E-state index in [-0.39, 0.29) is 63.9 Å². The predicted octanol–water partition coefficient (Wildman–Crippen LogP) is 14.0. The number of nitrogens with zero attached hydrogens (tertiary/aromatic N) is 6. The summed E-state index contributed by atoms with van der Waals surface area (Å²) in [5.74, 6) is -1.20. The number of carboxylic acid groups (broad SMARTS) is 2. The van der Waals surface area contributed by atoms with E-state index in [0.717, 1.165) is 44.5 Å². The number of amides is 2. The first-order chi connectivity index (χ1) is 49.0. The molecule has 0 bridgehead atoms. The van der Waals surface area contributed by atoms with Crippen molar-refractivity contribution in [2.75, 3.05) is 27.7 Å². The van der Waals surface area contributed by atoms with Crippen LogP contribution in [-0.2, 0) is 33.6 Å². The van der Waals surface area contributed by atoms with Gasteiger partial charge in [0.25, 0.3) is 0 Å². The van der Waals surface area contributed by atoms with Gasteiger partial charge in [-0.05, 0) is 167 Å². The van der Waals surface area contributed by atoms with Crippen molar-refractivity contribution in [1.82, 2.24) is 35.6 Å². The van der Waals surface area contributed by atoms with Crippen LogP contribution in [0.2, 0.25) is 0 Å². The highest BCUT2D eigenvalue weighted by atomic mass is 32.2. The van der Waals surface area contributed by atoms with Gasteiger partial charge in [0.1, 0.15) is 11.6 Å². The number of carbonyl (C=O) groups is 7. The third-order valence-electron chi connectivity index (χ3n) is 11.8. The van der Waals surface area contributed by atoms with Crippen LogP contribution >= 0.6 is 35.3 Å². The number of aliphatic hydroxyl groups excluding tert-OH is 1. The predicted molar refractivity (Wildman–Crippen MR) is 415 cm³/mol. The van der Waals surface area contributed by atoms with E-state index in [1.165, 1.54) is 55.3 Å². The number of hydrogen-bond acceptors (Lipinski definition) is 18. The number of benzene rings is 4. The van der Waals surface area contributed by atoms with Gasteiger partial charge in [0.15, 0.2) is 11.7 Å². The summed E-state index contributed by atoms with van der Waals surface area (Å²) in [6, 6.07) is 56.6. The fraction of sp³-hybridized carbons (Fsp3) is 0.218. The van der Waals surface area contributed by atoms with E-state index < -0.39 is 11.9 Å². The van der Waals surface area contributed by atoms with Gasteiger partial charge in [-0.2, -0.15) is 0 Å². The van der Waals surface area contributed by atoms with E-state index in [0.29, 0.717) is 12.8 Å². The van der Waals surface area contributed by atoms with Crippen molar-refractivity contribution < 1.29 is 48.9 Å². The zero-order valence-corrected chi connectivity index (χ0v) is 61.7. The van der Waals surface area contributed by atoms with Crippen molar-refractivity contribution in [3.8, 4) is 0 Å². The van der Waals surface area contributed by atoms with Crippen molar-refractivity contribution in [1.29, 1.82) is 0 Å². The first-order valence-electron chi connectivity index (χ1n) is 31.6. The number of aliphatic hydroxyl groups is 1. The highest BCUT2D eigenvalue weighted by Gasteiger charge is 2.18. The quantitative estimate of drug-likeness (QED) is 0.0152. The molecule has 2 amide bonds. The number of aromatic nitrogens is 5. The molecule has 3 unspecified atom stereocenters. The van der Waals surface area contributed by atoms with Gasteiger partial charge in [0, 0.05) is 146 Å². The smallest absolute Gasteiger partial charge is 0.328 e. The number of carboxylic acids is 2. The summed E-state index contributed by atoms with van der Waals surface area (Å²) in [4.78, 5) is 101. The van der Waals surface area contributed by atoms with Gasteiger partial charge in [-0.15, -0.1) is 35.3 Å². The molecule has 0 fully saturated rings. The zero-order chi connectivity index (χ0) is 76.1. The lowest BCUT2D eigenvalue weighted by molar-refractivity contribution is -0.137. The van der Waals surface area contributed by atoms with Crippen LogP contribution in [0.5, 0.6) is 0 Å². The highest BCUT2D eigenvalue weighted by molar-refractivity contribution is 8.00. The van der Waals surface area contributed by atoms with Crippen LogP contribution in [-0.4, -0.2) is 115 Å². The number of ketones is 3. The number of Topliss-reactive ketones (excluding diaryl/α,β-unsaturated/α-hetero) is 2. The number of allylic oxidation sites excluding steroid dienone is 1. The summed E-state index contributed by atoms with van der Waals surface area (Å²) in [5.41, 5.74) is 21.7. The molecule has 0 saturated heterocycles. The number of guanidine groups is 1. The van der Waals surface area contributed by atoms with Crippen molar-refractivity contribution in [3.63, 3.8) is 0 Å². The van der Waals surface area contributed by atoms with Crippen LogP contribution < -0.4 is 27.8 Å².